The summed E-state index contributed by atoms with van der Waals surface area (Å²) in [5.74, 6) is -1.26. The zero-order valence-corrected chi connectivity index (χ0v) is 20.9. The topological polar surface area (TPSA) is 106 Å². The SMILES string of the molecule is O=C(O)c1ccccc1-c1ccc(S(=O)(=O)c2ccc(Cl)cc2)cc1S(=O)(=O)c1ccc(Cl)cc1. The van der Waals surface area contributed by atoms with E-state index in [2.05, 4.69) is 0 Å². The predicted molar refractivity (Wildman–Crippen MR) is 133 cm³/mol. The second kappa shape index (κ2) is 9.47. The van der Waals surface area contributed by atoms with Crippen molar-refractivity contribution in [2.45, 2.75) is 19.6 Å². The highest BCUT2D eigenvalue weighted by Crippen LogP contribution is 2.36. The monoisotopic (exact) mass is 546 g/mol. The number of halogens is 2. The number of carbonyl (C=O) groups is 1. The van der Waals surface area contributed by atoms with Crippen LogP contribution in [-0.4, -0.2) is 27.9 Å². The zero-order valence-electron chi connectivity index (χ0n) is 17.7. The van der Waals surface area contributed by atoms with Gasteiger partial charge >= 0.3 is 5.97 Å². The third-order valence-corrected chi connectivity index (χ3v) is 9.33. The molecule has 4 rings (SSSR count). The van der Waals surface area contributed by atoms with E-state index in [4.69, 9.17) is 23.2 Å². The van der Waals surface area contributed by atoms with Crippen LogP contribution in [0.5, 0.6) is 0 Å². The molecule has 10 heteroatoms. The normalized spacial score (nSPS) is 11.8. The van der Waals surface area contributed by atoms with Crippen molar-refractivity contribution in [3.63, 3.8) is 0 Å². The van der Waals surface area contributed by atoms with Crippen molar-refractivity contribution in [1.82, 2.24) is 0 Å². The Bertz CT molecular complexity index is 1650. The van der Waals surface area contributed by atoms with Gasteiger partial charge in [-0.2, -0.15) is 0 Å². The number of hydrogen-bond donors (Lipinski definition) is 1. The summed E-state index contributed by atoms with van der Waals surface area (Å²) in [5, 5.41) is 10.3. The molecule has 0 saturated carbocycles. The maximum absolute atomic E-state index is 13.7. The van der Waals surface area contributed by atoms with E-state index in [0.29, 0.717) is 10.0 Å². The number of hydrogen-bond acceptors (Lipinski definition) is 5. The Labute approximate surface area is 212 Å². The Balaban J connectivity index is 2.01. The minimum atomic E-state index is -4.29. The molecular weight excluding hydrogens is 531 g/mol. The molecule has 0 heterocycles. The average molecular weight is 547 g/mol. The van der Waals surface area contributed by atoms with E-state index in [-0.39, 0.29) is 36.3 Å². The van der Waals surface area contributed by atoms with Crippen molar-refractivity contribution in [3.05, 3.63) is 107 Å². The first-order chi connectivity index (χ1) is 16.5. The second-order valence-electron chi connectivity index (χ2n) is 7.42. The van der Waals surface area contributed by atoms with Gasteiger partial charge in [-0.25, -0.2) is 21.6 Å². The maximum atomic E-state index is 13.7. The molecule has 0 bridgehead atoms. The summed E-state index contributed by atoms with van der Waals surface area (Å²) in [4.78, 5) is 11.0. The van der Waals surface area contributed by atoms with E-state index in [1.807, 2.05) is 0 Å². The Kier molecular flexibility index (Phi) is 6.75. The first-order valence-corrected chi connectivity index (χ1v) is 13.7. The first-order valence-electron chi connectivity index (χ1n) is 10.00. The van der Waals surface area contributed by atoms with Gasteiger partial charge in [-0.1, -0.05) is 47.5 Å². The predicted octanol–water partition coefficient (Wildman–Crippen LogP) is 6.02. The molecular formula is C25H16Cl2O6S2. The summed E-state index contributed by atoms with van der Waals surface area (Å²) >= 11 is 11.8. The minimum Gasteiger partial charge on any atom is -0.478 e. The molecule has 1 N–H and O–H groups in total. The molecule has 0 fully saturated rings. The van der Waals surface area contributed by atoms with Gasteiger partial charge in [-0.15, -0.1) is 0 Å². The van der Waals surface area contributed by atoms with Crippen LogP contribution in [0.25, 0.3) is 11.1 Å². The Morgan fingerprint density at radius 2 is 1.09 bits per heavy atom. The Morgan fingerprint density at radius 3 is 1.63 bits per heavy atom. The van der Waals surface area contributed by atoms with Crippen molar-refractivity contribution in [2.75, 3.05) is 0 Å². The van der Waals surface area contributed by atoms with Gasteiger partial charge in [-0.05, 0) is 72.3 Å². The lowest BCUT2D eigenvalue weighted by atomic mass is 10.00. The summed E-state index contributed by atoms with van der Waals surface area (Å²) in [6.07, 6.45) is 0. The van der Waals surface area contributed by atoms with Gasteiger partial charge in [0.1, 0.15) is 0 Å². The lowest BCUT2D eigenvalue weighted by Crippen LogP contribution is -2.09. The van der Waals surface area contributed by atoms with E-state index < -0.39 is 25.6 Å². The van der Waals surface area contributed by atoms with Gasteiger partial charge in [0.05, 0.1) is 25.1 Å². The third-order valence-electron chi connectivity index (χ3n) is 5.25. The van der Waals surface area contributed by atoms with Crippen LogP contribution in [0.3, 0.4) is 0 Å². The van der Waals surface area contributed by atoms with Crippen LogP contribution in [0.2, 0.25) is 10.0 Å². The van der Waals surface area contributed by atoms with E-state index >= 15 is 0 Å². The molecule has 0 aliphatic rings. The molecule has 4 aromatic carbocycles. The van der Waals surface area contributed by atoms with Crippen LogP contribution in [-0.2, 0) is 19.7 Å². The molecule has 178 valence electrons. The number of sulfone groups is 2. The molecule has 4 aromatic rings. The van der Waals surface area contributed by atoms with E-state index in [1.165, 1.54) is 78.9 Å². The highest BCUT2D eigenvalue weighted by atomic mass is 35.5. The lowest BCUT2D eigenvalue weighted by Gasteiger charge is -2.15. The molecule has 35 heavy (non-hydrogen) atoms. The Hall–Kier alpha value is -3.17. The van der Waals surface area contributed by atoms with Crippen molar-refractivity contribution in [3.8, 4) is 11.1 Å². The molecule has 0 atom stereocenters. The molecule has 0 aliphatic heterocycles. The highest BCUT2D eigenvalue weighted by molar-refractivity contribution is 7.92. The molecule has 0 spiro atoms. The van der Waals surface area contributed by atoms with Crippen LogP contribution < -0.4 is 0 Å². The fraction of sp³-hybridized carbons (Fsp3) is 0. The Morgan fingerprint density at radius 1 is 0.600 bits per heavy atom. The lowest BCUT2D eigenvalue weighted by molar-refractivity contribution is 0.0697. The van der Waals surface area contributed by atoms with Crippen LogP contribution >= 0.6 is 23.2 Å². The van der Waals surface area contributed by atoms with Crippen LogP contribution in [0.15, 0.2) is 111 Å². The van der Waals surface area contributed by atoms with Gasteiger partial charge in [0.2, 0.25) is 19.7 Å². The van der Waals surface area contributed by atoms with Gasteiger partial charge < -0.3 is 5.11 Å². The van der Waals surface area contributed by atoms with Crippen LogP contribution in [0.4, 0.5) is 0 Å². The molecule has 0 unspecified atom stereocenters. The van der Waals surface area contributed by atoms with Crippen molar-refractivity contribution >= 4 is 48.8 Å². The maximum Gasteiger partial charge on any atom is 0.336 e. The van der Waals surface area contributed by atoms with E-state index in [9.17, 15) is 26.7 Å². The van der Waals surface area contributed by atoms with Crippen LogP contribution in [0, 0.1) is 0 Å². The van der Waals surface area contributed by atoms with Crippen molar-refractivity contribution in [1.29, 1.82) is 0 Å². The molecule has 0 aliphatic carbocycles. The molecule has 6 nitrogen and oxygen atoms in total. The number of benzene rings is 4. The van der Waals surface area contributed by atoms with Crippen molar-refractivity contribution < 1.29 is 26.7 Å². The fourth-order valence-electron chi connectivity index (χ4n) is 3.51. The van der Waals surface area contributed by atoms with E-state index in [1.54, 1.807) is 6.07 Å². The second-order valence-corrected chi connectivity index (χ2v) is 12.2. The number of carboxylic acids is 1. The van der Waals surface area contributed by atoms with Crippen molar-refractivity contribution in [2.24, 2.45) is 0 Å². The summed E-state index contributed by atoms with van der Waals surface area (Å²) in [5.41, 5.74) is 0.0457. The standard InChI is InChI=1S/C25H16Cl2O6S2/c26-16-5-9-18(10-6-16)34(30,31)20-13-14-22(21-3-1-2-4-23(21)25(28)29)24(15-20)35(32,33)19-11-7-17(27)8-12-19/h1-15H,(H,28,29). The first kappa shape index (κ1) is 24.9. The largest absolute Gasteiger partial charge is 0.478 e. The quantitative estimate of drug-likeness (QED) is 0.316. The summed E-state index contributed by atoms with van der Waals surface area (Å²) in [7, 11) is -8.40. The molecule has 0 amide bonds. The van der Waals surface area contributed by atoms with Gasteiger partial charge in [0, 0.05) is 15.6 Å². The number of rotatable bonds is 6. The minimum absolute atomic E-state index is 0.0491. The molecule has 0 radical (unpaired) electrons. The zero-order chi connectivity index (χ0) is 25.4. The summed E-state index contributed by atoms with van der Waals surface area (Å²) in [6.45, 7) is 0. The van der Waals surface area contributed by atoms with Gasteiger partial charge in [0.25, 0.3) is 0 Å². The number of carboxylic acid groups (broad SMARTS) is 1. The summed E-state index contributed by atoms with van der Waals surface area (Å²) < 4.78 is 53.9. The summed E-state index contributed by atoms with van der Waals surface area (Å²) in [6, 6.07) is 20.3. The molecule has 0 aromatic heterocycles. The van der Waals surface area contributed by atoms with E-state index in [0.717, 1.165) is 6.07 Å². The number of aromatic carboxylic acids is 1. The smallest absolute Gasteiger partial charge is 0.336 e. The third kappa shape index (κ3) is 4.83. The fourth-order valence-corrected chi connectivity index (χ4v) is 6.62. The van der Waals surface area contributed by atoms with Gasteiger partial charge in [0.15, 0.2) is 0 Å². The van der Waals surface area contributed by atoms with Gasteiger partial charge in [-0.3, -0.25) is 0 Å². The molecule has 0 saturated heterocycles. The highest BCUT2D eigenvalue weighted by Gasteiger charge is 2.28. The average Bonchev–Trinajstić information content (AvgIpc) is 2.84. The van der Waals surface area contributed by atoms with Crippen LogP contribution in [0.1, 0.15) is 10.4 Å².